The van der Waals surface area contributed by atoms with Gasteiger partial charge in [-0.2, -0.15) is 25.8 Å². The molecule has 0 radical (unpaired) electrons. The van der Waals surface area contributed by atoms with E-state index in [0.29, 0.717) is 18.2 Å². The van der Waals surface area contributed by atoms with Crippen LogP contribution in [-0.2, 0) is 6.18 Å². The van der Waals surface area contributed by atoms with Crippen molar-refractivity contribution >= 4 is 12.6 Å². The lowest BCUT2D eigenvalue weighted by atomic mass is 9.98. The fourth-order valence-electron chi connectivity index (χ4n) is 1.34. The average Bonchev–Trinajstić information content (AvgIpc) is 2.25. The van der Waals surface area contributed by atoms with Gasteiger partial charge >= 0.3 is 6.18 Å². The van der Waals surface area contributed by atoms with Gasteiger partial charge in [-0.25, -0.2) is 4.39 Å². The summed E-state index contributed by atoms with van der Waals surface area (Å²) in [6.45, 7) is 0. The summed E-state index contributed by atoms with van der Waals surface area (Å²) in [6.07, 6.45) is -8.05. The number of hydrogen-bond acceptors (Lipinski definition) is 3. The van der Waals surface area contributed by atoms with Crippen molar-refractivity contribution in [2.24, 2.45) is 0 Å². The van der Waals surface area contributed by atoms with Crippen molar-refractivity contribution in [3.05, 3.63) is 35.1 Å². The van der Waals surface area contributed by atoms with Crippen LogP contribution in [0.25, 0.3) is 0 Å². The summed E-state index contributed by atoms with van der Waals surface area (Å²) in [5.74, 6) is -1.16. The Morgan fingerprint density at radius 2 is 1.82 bits per heavy atom. The van der Waals surface area contributed by atoms with Gasteiger partial charge in [-0.15, -0.1) is 0 Å². The Morgan fingerprint density at radius 1 is 1.24 bits per heavy atom. The zero-order valence-electron chi connectivity index (χ0n) is 8.45. The molecule has 0 saturated heterocycles. The van der Waals surface area contributed by atoms with E-state index < -0.39 is 35.3 Å². The first-order valence-corrected chi connectivity index (χ1v) is 5.24. The van der Waals surface area contributed by atoms with E-state index in [0.717, 1.165) is 0 Å². The van der Waals surface area contributed by atoms with Gasteiger partial charge in [0.15, 0.2) is 0 Å². The van der Waals surface area contributed by atoms with Gasteiger partial charge in [0.05, 0.1) is 11.7 Å². The van der Waals surface area contributed by atoms with Crippen LogP contribution in [0.15, 0.2) is 18.2 Å². The van der Waals surface area contributed by atoms with E-state index in [9.17, 15) is 27.8 Å². The maximum absolute atomic E-state index is 12.9. The summed E-state index contributed by atoms with van der Waals surface area (Å²) >= 11 is 3.65. The summed E-state index contributed by atoms with van der Waals surface area (Å²) in [7, 11) is 0. The number of aliphatic hydroxyl groups is 2. The predicted molar refractivity (Wildman–Crippen MR) is 56.2 cm³/mol. The second-order valence-electron chi connectivity index (χ2n) is 3.42. The molecule has 0 heterocycles. The minimum Gasteiger partial charge on any atom is -0.389 e. The summed E-state index contributed by atoms with van der Waals surface area (Å²) in [4.78, 5) is 0. The number of alkyl halides is 3. The fourth-order valence-corrected chi connectivity index (χ4v) is 1.54. The van der Waals surface area contributed by atoms with E-state index in [1.165, 1.54) is 0 Å². The van der Waals surface area contributed by atoms with Crippen molar-refractivity contribution in [1.29, 1.82) is 0 Å². The molecule has 2 N–H and O–H groups in total. The quantitative estimate of drug-likeness (QED) is 0.582. The first kappa shape index (κ1) is 14.3. The Morgan fingerprint density at radius 3 is 2.29 bits per heavy atom. The van der Waals surface area contributed by atoms with Crippen molar-refractivity contribution in [3.8, 4) is 0 Å². The van der Waals surface area contributed by atoms with Crippen LogP contribution >= 0.6 is 12.6 Å². The van der Waals surface area contributed by atoms with E-state index in [2.05, 4.69) is 12.6 Å². The van der Waals surface area contributed by atoms with Crippen LogP contribution in [0.4, 0.5) is 17.6 Å². The minimum absolute atomic E-state index is 0.241. The van der Waals surface area contributed by atoms with Crippen LogP contribution in [0, 0.1) is 5.82 Å². The average molecular weight is 270 g/mol. The second-order valence-corrected chi connectivity index (χ2v) is 3.79. The van der Waals surface area contributed by atoms with Crippen molar-refractivity contribution in [3.63, 3.8) is 0 Å². The maximum Gasteiger partial charge on any atom is 0.416 e. The van der Waals surface area contributed by atoms with Gasteiger partial charge in [0, 0.05) is 5.75 Å². The molecule has 1 aromatic rings. The molecule has 2 atom stereocenters. The molecule has 0 aliphatic rings. The molecule has 0 bridgehead atoms. The zero-order chi connectivity index (χ0) is 13.2. The Bertz CT molecular complexity index is 394. The topological polar surface area (TPSA) is 40.5 Å². The predicted octanol–water partition coefficient (Wildman–Crippen LogP) is 2.17. The van der Waals surface area contributed by atoms with Gasteiger partial charge in [0.25, 0.3) is 0 Å². The van der Waals surface area contributed by atoms with Gasteiger partial charge in [0.1, 0.15) is 11.9 Å². The van der Waals surface area contributed by atoms with Crippen molar-refractivity contribution in [2.75, 3.05) is 5.75 Å². The van der Waals surface area contributed by atoms with Crippen LogP contribution < -0.4 is 0 Å². The van der Waals surface area contributed by atoms with E-state index in [1.54, 1.807) is 0 Å². The van der Waals surface area contributed by atoms with Crippen LogP contribution in [-0.4, -0.2) is 22.1 Å². The molecule has 0 spiro atoms. The molecule has 0 aromatic heterocycles. The largest absolute Gasteiger partial charge is 0.416 e. The van der Waals surface area contributed by atoms with E-state index in [4.69, 9.17) is 0 Å². The minimum atomic E-state index is -4.72. The first-order chi connectivity index (χ1) is 7.77. The molecule has 2 unspecified atom stereocenters. The molecule has 17 heavy (non-hydrogen) atoms. The third kappa shape index (κ3) is 3.34. The SMILES string of the molecule is OC(CS)C(O)c1cc(F)ccc1C(F)(F)F. The normalized spacial score (nSPS) is 15.7. The summed E-state index contributed by atoms with van der Waals surface area (Å²) in [5, 5.41) is 18.7. The highest BCUT2D eigenvalue weighted by atomic mass is 32.1. The molecule has 7 heteroatoms. The standard InChI is InChI=1S/C10H10F4O2S/c11-5-1-2-7(10(12,13)14)6(3-5)9(16)8(15)4-17/h1-3,8-9,15-17H,4H2. The monoisotopic (exact) mass is 270 g/mol. The van der Waals surface area contributed by atoms with Crippen LogP contribution in [0.2, 0.25) is 0 Å². The van der Waals surface area contributed by atoms with Gasteiger partial charge in [-0.1, -0.05) is 0 Å². The molecule has 0 amide bonds. The second kappa shape index (κ2) is 5.24. The maximum atomic E-state index is 12.9. The molecule has 1 aromatic carbocycles. The number of thiol groups is 1. The molecule has 1 rings (SSSR count). The van der Waals surface area contributed by atoms with Crippen LogP contribution in [0.3, 0.4) is 0 Å². The lowest BCUT2D eigenvalue weighted by Gasteiger charge is -2.20. The lowest BCUT2D eigenvalue weighted by Crippen LogP contribution is -2.23. The number of hydrogen-bond donors (Lipinski definition) is 3. The highest BCUT2D eigenvalue weighted by Crippen LogP contribution is 2.35. The molecular weight excluding hydrogens is 260 g/mol. The first-order valence-electron chi connectivity index (χ1n) is 4.61. The number of benzene rings is 1. The number of rotatable bonds is 3. The number of aliphatic hydroxyl groups excluding tert-OH is 2. The molecule has 0 fully saturated rings. The Hall–Kier alpha value is -0.790. The molecule has 0 saturated carbocycles. The van der Waals surface area contributed by atoms with Crippen molar-refractivity contribution in [1.82, 2.24) is 0 Å². The fraction of sp³-hybridized carbons (Fsp3) is 0.400. The molecule has 0 aliphatic heterocycles. The van der Waals surface area contributed by atoms with E-state index in [1.807, 2.05) is 0 Å². The smallest absolute Gasteiger partial charge is 0.389 e. The van der Waals surface area contributed by atoms with Crippen LogP contribution in [0.5, 0.6) is 0 Å². The van der Waals surface area contributed by atoms with Gasteiger partial charge < -0.3 is 10.2 Å². The lowest BCUT2D eigenvalue weighted by molar-refractivity contribution is -0.139. The van der Waals surface area contributed by atoms with Gasteiger partial charge in [0.2, 0.25) is 0 Å². The van der Waals surface area contributed by atoms with Crippen LogP contribution in [0.1, 0.15) is 17.2 Å². The van der Waals surface area contributed by atoms with Crippen molar-refractivity contribution < 1.29 is 27.8 Å². The van der Waals surface area contributed by atoms with Crippen molar-refractivity contribution in [2.45, 2.75) is 18.4 Å². The van der Waals surface area contributed by atoms with Gasteiger partial charge in [-0.05, 0) is 23.8 Å². The molecule has 96 valence electrons. The summed E-state index contributed by atoms with van der Waals surface area (Å²) < 4.78 is 50.6. The molecular formula is C10H10F4O2S. The molecule has 0 aliphatic carbocycles. The third-order valence-electron chi connectivity index (χ3n) is 2.19. The van der Waals surface area contributed by atoms with E-state index in [-0.39, 0.29) is 5.75 Å². The van der Waals surface area contributed by atoms with E-state index >= 15 is 0 Å². The zero-order valence-corrected chi connectivity index (χ0v) is 9.34. The Kier molecular flexibility index (Phi) is 4.40. The van der Waals surface area contributed by atoms with Gasteiger partial charge in [-0.3, -0.25) is 0 Å². The summed E-state index contributed by atoms with van der Waals surface area (Å²) in [6, 6.07) is 1.73. The third-order valence-corrected chi connectivity index (χ3v) is 2.56. The molecule has 2 nitrogen and oxygen atoms in total. The highest BCUT2D eigenvalue weighted by Gasteiger charge is 2.36. The number of halogens is 4. The highest BCUT2D eigenvalue weighted by molar-refractivity contribution is 7.80. The Balaban J connectivity index is 3.25. The Labute approximate surface area is 100 Å². The summed E-state index contributed by atoms with van der Waals surface area (Å²) in [5.41, 5.74) is -1.87.